The van der Waals surface area contributed by atoms with E-state index in [0.29, 0.717) is 6.04 Å². The maximum absolute atomic E-state index is 3.64. The normalized spacial score (nSPS) is 17.5. The van der Waals surface area contributed by atoms with Gasteiger partial charge in [-0.25, -0.2) is 0 Å². The first-order chi connectivity index (χ1) is 8.08. The predicted molar refractivity (Wildman–Crippen MR) is 73.4 cm³/mol. The Balaban J connectivity index is 2.12. The summed E-state index contributed by atoms with van der Waals surface area (Å²) in [4.78, 5) is 2.31. The fourth-order valence-corrected chi connectivity index (χ4v) is 2.34. The number of nitrogens with one attached hydrogen (secondary N) is 1. The van der Waals surface area contributed by atoms with Crippen LogP contribution in [0.3, 0.4) is 0 Å². The van der Waals surface area contributed by atoms with Crippen LogP contribution in [0, 0.1) is 13.8 Å². The van der Waals surface area contributed by atoms with Gasteiger partial charge in [-0.05, 0) is 51.9 Å². The van der Waals surface area contributed by atoms with Crippen LogP contribution in [0.1, 0.15) is 35.6 Å². The zero-order valence-electron chi connectivity index (χ0n) is 11.5. The molecular formula is C15H24N2. The highest BCUT2D eigenvalue weighted by atomic mass is 15.1. The first-order valence-corrected chi connectivity index (χ1v) is 6.55. The van der Waals surface area contributed by atoms with Crippen LogP contribution in [0.2, 0.25) is 0 Å². The molecule has 1 atom stereocenters. The minimum Gasteiger partial charge on any atom is -0.312 e. The van der Waals surface area contributed by atoms with Crippen LogP contribution in [-0.4, -0.2) is 31.6 Å². The van der Waals surface area contributed by atoms with Crippen molar-refractivity contribution in [2.45, 2.75) is 38.8 Å². The Morgan fingerprint density at radius 2 is 2.00 bits per heavy atom. The van der Waals surface area contributed by atoms with E-state index >= 15 is 0 Å². The molecule has 1 N–H and O–H groups in total. The summed E-state index contributed by atoms with van der Waals surface area (Å²) in [6, 6.07) is 8.04. The molecule has 94 valence electrons. The van der Waals surface area contributed by atoms with E-state index in [0.717, 1.165) is 12.6 Å². The van der Waals surface area contributed by atoms with E-state index in [1.807, 2.05) is 0 Å². The number of nitrogens with zero attached hydrogens (tertiary/aromatic N) is 1. The van der Waals surface area contributed by atoms with Gasteiger partial charge in [-0.2, -0.15) is 0 Å². The van der Waals surface area contributed by atoms with Crippen molar-refractivity contribution in [3.05, 3.63) is 34.9 Å². The van der Waals surface area contributed by atoms with Crippen molar-refractivity contribution in [3.63, 3.8) is 0 Å². The van der Waals surface area contributed by atoms with E-state index < -0.39 is 0 Å². The molecule has 2 rings (SSSR count). The predicted octanol–water partition coefficient (Wildman–Crippen LogP) is 2.66. The minimum atomic E-state index is 0.483. The summed E-state index contributed by atoms with van der Waals surface area (Å²) in [5.41, 5.74) is 4.20. The van der Waals surface area contributed by atoms with E-state index in [1.165, 1.54) is 29.5 Å². The summed E-state index contributed by atoms with van der Waals surface area (Å²) in [5.74, 6) is 0. The fourth-order valence-electron chi connectivity index (χ4n) is 2.34. The number of rotatable bonds is 5. The zero-order chi connectivity index (χ0) is 12.4. The molecule has 1 aliphatic rings. The van der Waals surface area contributed by atoms with Crippen LogP contribution in [0.5, 0.6) is 0 Å². The Morgan fingerprint density at radius 3 is 2.53 bits per heavy atom. The summed E-state index contributed by atoms with van der Waals surface area (Å²) < 4.78 is 0. The lowest BCUT2D eigenvalue weighted by Crippen LogP contribution is -2.32. The molecule has 2 heteroatoms. The Hall–Kier alpha value is -0.860. The first-order valence-electron chi connectivity index (χ1n) is 6.55. The third-order valence-electron chi connectivity index (χ3n) is 3.58. The van der Waals surface area contributed by atoms with Gasteiger partial charge in [0.1, 0.15) is 0 Å². The van der Waals surface area contributed by atoms with Gasteiger partial charge in [0, 0.05) is 18.6 Å². The van der Waals surface area contributed by atoms with Gasteiger partial charge in [0.25, 0.3) is 0 Å². The molecule has 1 fully saturated rings. The average molecular weight is 232 g/mol. The van der Waals surface area contributed by atoms with Gasteiger partial charge in [0.2, 0.25) is 0 Å². The Morgan fingerprint density at radius 1 is 1.29 bits per heavy atom. The van der Waals surface area contributed by atoms with E-state index in [4.69, 9.17) is 0 Å². The first kappa shape index (κ1) is 12.6. The number of benzene rings is 1. The van der Waals surface area contributed by atoms with Gasteiger partial charge < -0.3 is 10.2 Å². The van der Waals surface area contributed by atoms with Crippen molar-refractivity contribution in [1.82, 2.24) is 10.2 Å². The maximum Gasteiger partial charge on any atom is 0.0469 e. The fraction of sp³-hybridized carbons (Fsp3) is 0.600. The second-order valence-electron chi connectivity index (χ2n) is 5.52. The molecule has 2 nitrogen and oxygen atoms in total. The van der Waals surface area contributed by atoms with E-state index in [2.05, 4.69) is 56.4 Å². The molecule has 0 saturated heterocycles. The highest BCUT2D eigenvalue weighted by Crippen LogP contribution is 2.25. The third kappa shape index (κ3) is 3.30. The SMILES string of the molecule is Cc1ccc(C(CNC2CC2)N(C)C)c(C)c1. The van der Waals surface area contributed by atoms with E-state index in [9.17, 15) is 0 Å². The zero-order valence-corrected chi connectivity index (χ0v) is 11.5. The smallest absolute Gasteiger partial charge is 0.0469 e. The summed E-state index contributed by atoms with van der Waals surface area (Å²) in [6.07, 6.45) is 2.71. The Labute approximate surface area is 105 Å². The van der Waals surface area contributed by atoms with Crippen LogP contribution < -0.4 is 5.32 Å². The summed E-state index contributed by atoms with van der Waals surface area (Å²) in [5, 5.41) is 3.64. The molecule has 0 aliphatic heterocycles. The maximum atomic E-state index is 3.64. The second-order valence-corrected chi connectivity index (χ2v) is 5.52. The van der Waals surface area contributed by atoms with Crippen molar-refractivity contribution in [3.8, 4) is 0 Å². The van der Waals surface area contributed by atoms with Crippen LogP contribution in [0.4, 0.5) is 0 Å². The van der Waals surface area contributed by atoms with E-state index in [-0.39, 0.29) is 0 Å². The number of likely N-dealkylation sites (N-methyl/N-ethyl adjacent to an activating group) is 1. The molecule has 0 aromatic heterocycles. The van der Waals surface area contributed by atoms with Gasteiger partial charge in [0.05, 0.1) is 0 Å². The molecule has 0 spiro atoms. The molecule has 0 bridgehead atoms. The van der Waals surface area contributed by atoms with Crippen LogP contribution in [0.25, 0.3) is 0 Å². The van der Waals surface area contributed by atoms with Gasteiger partial charge in [-0.3, -0.25) is 0 Å². The Bertz CT molecular complexity index is 381. The van der Waals surface area contributed by atoms with Gasteiger partial charge >= 0.3 is 0 Å². The Kier molecular flexibility index (Phi) is 3.85. The monoisotopic (exact) mass is 232 g/mol. The summed E-state index contributed by atoms with van der Waals surface area (Å²) in [7, 11) is 4.33. The highest BCUT2D eigenvalue weighted by Gasteiger charge is 2.23. The number of hydrogen-bond acceptors (Lipinski definition) is 2. The number of aryl methyl sites for hydroxylation is 2. The van der Waals surface area contributed by atoms with E-state index in [1.54, 1.807) is 0 Å². The van der Waals surface area contributed by atoms with Crippen LogP contribution in [0.15, 0.2) is 18.2 Å². The molecule has 1 saturated carbocycles. The quantitative estimate of drug-likeness (QED) is 0.839. The van der Waals surface area contributed by atoms with Crippen LogP contribution in [-0.2, 0) is 0 Å². The number of hydrogen-bond donors (Lipinski definition) is 1. The second kappa shape index (κ2) is 5.19. The molecule has 1 unspecified atom stereocenters. The lowest BCUT2D eigenvalue weighted by atomic mass is 9.98. The van der Waals surface area contributed by atoms with Crippen LogP contribution >= 0.6 is 0 Å². The molecule has 0 amide bonds. The highest BCUT2D eigenvalue weighted by molar-refractivity contribution is 5.33. The molecule has 1 aromatic carbocycles. The van der Waals surface area contributed by atoms with Gasteiger partial charge in [0.15, 0.2) is 0 Å². The molecular weight excluding hydrogens is 208 g/mol. The molecule has 0 radical (unpaired) electrons. The molecule has 1 aromatic rings. The van der Waals surface area contributed by atoms with Crippen molar-refractivity contribution < 1.29 is 0 Å². The minimum absolute atomic E-state index is 0.483. The van der Waals surface area contributed by atoms with Crippen molar-refractivity contribution >= 4 is 0 Å². The van der Waals surface area contributed by atoms with Gasteiger partial charge in [-0.1, -0.05) is 23.8 Å². The average Bonchev–Trinajstić information content (AvgIpc) is 3.04. The van der Waals surface area contributed by atoms with Gasteiger partial charge in [-0.15, -0.1) is 0 Å². The standard InChI is InChI=1S/C15H24N2/c1-11-5-8-14(12(2)9-11)15(17(3)4)10-16-13-6-7-13/h5,8-9,13,15-16H,6-7,10H2,1-4H3. The lowest BCUT2D eigenvalue weighted by Gasteiger charge is -2.27. The lowest BCUT2D eigenvalue weighted by molar-refractivity contribution is 0.287. The van der Waals surface area contributed by atoms with Crippen molar-refractivity contribution in [2.75, 3.05) is 20.6 Å². The largest absolute Gasteiger partial charge is 0.312 e. The third-order valence-corrected chi connectivity index (χ3v) is 3.58. The molecule has 17 heavy (non-hydrogen) atoms. The molecule has 1 aliphatic carbocycles. The summed E-state index contributed by atoms with van der Waals surface area (Å²) in [6.45, 7) is 5.43. The molecule has 0 heterocycles. The van der Waals surface area contributed by atoms with Crippen molar-refractivity contribution in [1.29, 1.82) is 0 Å². The van der Waals surface area contributed by atoms with Crippen molar-refractivity contribution in [2.24, 2.45) is 0 Å². The topological polar surface area (TPSA) is 15.3 Å². The summed E-state index contributed by atoms with van der Waals surface area (Å²) >= 11 is 0.